The number of hydrazone groups is 1. The fourth-order valence-corrected chi connectivity index (χ4v) is 4.06. The average Bonchev–Trinajstić information content (AvgIpc) is 3.23. The molecule has 1 N–H and O–H groups in total. The lowest BCUT2D eigenvalue weighted by atomic mass is 10.1. The third kappa shape index (κ3) is 3.19. The third-order valence-corrected chi connectivity index (χ3v) is 5.55. The SMILES string of the molecule is CCSC1=NN2C(=c3ccccc3=NC2c2ccc(-c3ccc(F)cc3)o2)C(=O)N1. The lowest BCUT2D eigenvalue weighted by molar-refractivity contribution is -0.116. The van der Waals surface area contributed by atoms with Crippen LogP contribution in [0.4, 0.5) is 4.39 Å². The Hall–Kier alpha value is -3.39. The first-order chi connectivity index (χ1) is 14.6. The van der Waals surface area contributed by atoms with Gasteiger partial charge in [0.05, 0.1) is 5.36 Å². The number of rotatable bonds is 3. The number of furan rings is 1. The predicted molar refractivity (Wildman–Crippen MR) is 113 cm³/mol. The highest BCUT2D eigenvalue weighted by atomic mass is 32.2. The molecule has 6 nitrogen and oxygen atoms in total. The molecule has 1 amide bonds. The van der Waals surface area contributed by atoms with Gasteiger partial charge in [0, 0.05) is 10.8 Å². The van der Waals surface area contributed by atoms with Crippen LogP contribution in [-0.2, 0) is 4.79 Å². The second-order valence-corrected chi connectivity index (χ2v) is 7.97. The van der Waals surface area contributed by atoms with Crippen LogP contribution in [0.2, 0.25) is 0 Å². The van der Waals surface area contributed by atoms with E-state index in [1.54, 1.807) is 17.1 Å². The summed E-state index contributed by atoms with van der Waals surface area (Å²) in [4.78, 5) is 17.7. The quantitative estimate of drug-likeness (QED) is 0.707. The molecule has 8 heteroatoms. The lowest BCUT2D eigenvalue weighted by Gasteiger charge is -2.32. The summed E-state index contributed by atoms with van der Waals surface area (Å²) in [6.07, 6.45) is -0.623. The van der Waals surface area contributed by atoms with E-state index >= 15 is 0 Å². The van der Waals surface area contributed by atoms with Gasteiger partial charge in [0.1, 0.15) is 17.3 Å². The highest BCUT2D eigenvalue weighted by molar-refractivity contribution is 8.13. The summed E-state index contributed by atoms with van der Waals surface area (Å²) in [7, 11) is 0. The van der Waals surface area contributed by atoms with E-state index in [1.165, 1.54) is 23.9 Å². The first-order valence-corrected chi connectivity index (χ1v) is 10.5. The van der Waals surface area contributed by atoms with Crippen LogP contribution in [0, 0.1) is 5.82 Å². The number of amides is 1. The van der Waals surface area contributed by atoms with Crippen molar-refractivity contribution in [3.05, 3.63) is 82.8 Å². The van der Waals surface area contributed by atoms with Crippen molar-refractivity contribution in [2.24, 2.45) is 10.1 Å². The number of hydrogen-bond acceptors (Lipinski definition) is 6. The van der Waals surface area contributed by atoms with Crippen LogP contribution < -0.4 is 15.9 Å². The third-order valence-electron chi connectivity index (χ3n) is 4.81. The highest BCUT2D eigenvalue weighted by Crippen LogP contribution is 2.33. The monoisotopic (exact) mass is 420 g/mol. The number of para-hydroxylation sites is 1. The van der Waals surface area contributed by atoms with Crippen LogP contribution in [-0.4, -0.2) is 21.8 Å². The van der Waals surface area contributed by atoms with Gasteiger partial charge in [-0.1, -0.05) is 36.9 Å². The molecule has 2 aliphatic rings. The molecular formula is C22H17FN4O2S. The molecule has 0 saturated heterocycles. The molecule has 2 aliphatic heterocycles. The molecule has 0 radical (unpaired) electrons. The Bertz CT molecular complexity index is 1280. The maximum atomic E-state index is 13.3. The van der Waals surface area contributed by atoms with Crippen molar-refractivity contribution in [3.8, 4) is 11.3 Å². The summed E-state index contributed by atoms with van der Waals surface area (Å²) in [6.45, 7) is 1.99. The Labute approximate surface area is 175 Å². The van der Waals surface area contributed by atoms with E-state index in [4.69, 9.17) is 9.41 Å². The molecule has 0 aliphatic carbocycles. The second-order valence-electron chi connectivity index (χ2n) is 6.71. The number of nitrogens with one attached hydrogen (secondary N) is 1. The molecule has 1 unspecified atom stereocenters. The predicted octanol–water partition coefficient (Wildman–Crippen LogP) is 2.98. The smallest absolute Gasteiger partial charge is 0.276 e. The normalized spacial score (nSPS) is 17.6. The van der Waals surface area contributed by atoms with Gasteiger partial charge in [0.15, 0.2) is 10.9 Å². The average molecular weight is 420 g/mol. The number of thioether (sulfide) groups is 1. The van der Waals surface area contributed by atoms with Crippen molar-refractivity contribution in [2.45, 2.75) is 13.1 Å². The van der Waals surface area contributed by atoms with Gasteiger partial charge in [-0.2, -0.15) is 0 Å². The fourth-order valence-electron chi connectivity index (χ4n) is 3.48. The number of hydrogen-bond donors (Lipinski definition) is 1. The van der Waals surface area contributed by atoms with E-state index in [1.807, 2.05) is 43.3 Å². The Morgan fingerprint density at radius 2 is 1.93 bits per heavy atom. The molecule has 1 atom stereocenters. The number of fused-ring (bicyclic) bond motifs is 2. The van der Waals surface area contributed by atoms with Crippen LogP contribution >= 0.6 is 11.8 Å². The zero-order chi connectivity index (χ0) is 20.7. The zero-order valence-electron chi connectivity index (χ0n) is 16.0. The van der Waals surface area contributed by atoms with Gasteiger partial charge in [-0.3, -0.25) is 10.1 Å². The first kappa shape index (κ1) is 18.6. The first-order valence-electron chi connectivity index (χ1n) is 9.49. The summed E-state index contributed by atoms with van der Waals surface area (Å²) in [6, 6.07) is 17.2. The zero-order valence-corrected chi connectivity index (χ0v) is 16.8. The van der Waals surface area contributed by atoms with E-state index in [2.05, 4.69) is 10.4 Å². The number of nitrogens with zero attached hydrogens (tertiary/aromatic N) is 3. The maximum Gasteiger partial charge on any atom is 0.276 e. The molecule has 0 fully saturated rings. The van der Waals surface area contributed by atoms with Crippen LogP contribution in [0.25, 0.3) is 17.0 Å². The molecule has 0 spiro atoms. The standard InChI is InChI=1S/C22H17FN4O2S/c1-2-30-22-25-21(28)19-15-5-3-4-6-16(15)24-20(27(19)26-22)18-12-11-17(29-18)13-7-9-14(23)10-8-13/h3-12,20H,2H2,1H3,(H,25,26,28). The van der Waals surface area contributed by atoms with E-state index in [0.717, 1.165) is 16.5 Å². The molecule has 150 valence electrons. The summed E-state index contributed by atoms with van der Waals surface area (Å²) < 4.78 is 19.3. The number of amidine groups is 1. The Morgan fingerprint density at radius 3 is 2.73 bits per heavy atom. The topological polar surface area (TPSA) is 70.2 Å². The molecule has 0 bridgehead atoms. The number of carbonyl (C=O) groups is 1. The minimum absolute atomic E-state index is 0.224. The van der Waals surface area contributed by atoms with Gasteiger partial charge < -0.3 is 4.42 Å². The number of benzene rings is 2. The van der Waals surface area contributed by atoms with E-state index in [-0.39, 0.29) is 11.7 Å². The van der Waals surface area contributed by atoms with Crippen LogP contribution in [0.15, 0.2) is 75.2 Å². The van der Waals surface area contributed by atoms with Crippen molar-refractivity contribution >= 4 is 28.5 Å². The van der Waals surface area contributed by atoms with Crippen molar-refractivity contribution in [2.75, 3.05) is 5.75 Å². The molecule has 0 saturated carbocycles. The molecule has 1 aromatic heterocycles. The maximum absolute atomic E-state index is 13.3. The number of carbonyl (C=O) groups excluding carboxylic acids is 1. The molecule has 2 aromatic carbocycles. The van der Waals surface area contributed by atoms with Crippen molar-refractivity contribution in [3.63, 3.8) is 0 Å². The number of halogens is 1. The summed E-state index contributed by atoms with van der Waals surface area (Å²) in [5.41, 5.74) is 1.19. The highest BCUT2D eigenvalue weighted by Gasteiger charge is 2.35. The molecule has 5 rings (SSSR count). The van der Waals surface area contributed by atoms with Crippen LogP contribution in [0.3, 0.4) is 0 Å². The van der Waals surface area contributed by atoms with E-state index in [9.17, 15) is 9.18 Å². The second kappa shape index (κ2) is 7.46. The minimum Gasteiger partial charge on any atom is -0.457 e. The Kier molecular flexibility index (Phi) is 4.63. The van der Waals surface area contributed by atoms with Crippen LogP contribution in [0.5, 0.6) is 0 Å². The van der Waals surface area contributed by atoms with Crippen molar-refractivity contribution in [1.82, 2.24) is 10.3 Å². The largest absolute Gasteiger partial charge is 0.457 e. The Balaban J connectivity index is 1.63. The molecule has 30 heavy (non-hydrogen) atoms. The van der Waals surface area contributed by atoms with E-state index in [0.29, 0.717) is 27.7 Å². The fraction of sp³-hybridized carbons (Fsp3) is 0.136. The summed E-state index contributed by atoms with van der Waals surface area (Å²) in [5, 5.41) is 11.1. The molecular weight excluding hydrogens is 403 g/mol. The Morgan fingerprint density at radius 1 is 1.13 bits per heavy atom. The van der Waals surface area contributed by atoms with E-state index < -0.39 is 6.17 Å². The van der Waals surface area contributed by atoms with Crippen LogP contribution in [0.1, 0.15) is 18.8 Å². The van der Waals surface area contributed by atoms with Crippen molar-refractivity contribution in [1.29, 1.82) is 0 Å². The van der Waals surface area contributed by atoms with Gasteiger partial charge in [0.25, 0.3) is 5.91 Å². The lowest BCUT2D eigenvalue weighted by Crippen LogP contribution is -2.50. The molecule has 3 heterocycles. The summed E-state index contributed by atoms with van der Waals surface area (Å²) in [5.74, 6) is 1.38. The summed E-state index contributed by atoms with van der Waals surface area (Å²) >= 11 is 1.45. The van der Waals surface area contributed by atoms with Gasteiger partial charge >= 0.3 is 0 Å². The molecule has 3 aromatic rings. The van der Waals surface area contributed by atoms with Gasteiger partial charge in [-0.15, -0.1) is 5.10 Å². The van der Waals surface area contributed by atoms with Gasteiger partial charge in [-0.05, 0) is 48.2 Å². The van der Waals surface area contributed by atoms with Gasteiger partial charge in [-0.25, -0.2) is 14.4 Å². The minimum atomic E-state index is -0.623. The van der Waals surface area contributed by atoms with Crippen molar-refractivity contribution < 1.29 is 13.6 Å². The van der Waals surface area contributed by atoms with Gasteiger partial charge in [0.2, 0.25) is 6.17 Å².